The van der Waals surface area contributed by atoms with Crippen molar-refractivity contribution in [2.45, 2.75) is 49.7 Å². The van der Waals surface area contributed by atoms with E-state index in [2.05, 4.69) is 36.8 Å². The molecule has 1 aliphatic heterocycles. The maximum Gasteiger partial charge on any atom is 0.237 e. The van der Waals surface area contributed by atoms with Crippen molar-refractivity contribution in [3.05, 3.63) is 28.2 Å². The molecule has 25 heavy (non-hydrogen) atoms. The molecule has 0 spiro atoms. The van der Waals surface area contributed by atoms with Crippen molar-refractivity contribution >= 4 is 39.3 Å². The molecule has 1 aromatic heterocycles. The molecule has 0 bridgehead atoms. The van der Waals surface area contributed by atoms with E-state index in [4.69, 9.17) is 4.74 Å². The van der Waals surface area contributed by atoms with E-state index in [-0.39, 0.29) is 17.3 Å². The number of carbonyl (C=O) groups excluding carboxylic acids is 1. The highest BCUT2D eigenvalue weighted by Crippen LogP contribution is 2.26. The van der Waals surface area contributed by atoms with Gasteiger partial charge in [0.1, 0.15) is 0 Å². The monoisotopic (exact) mass is 425 g/mol. The Kier molecular flexibility index (Phi) is 6.08. The lowest BCUT2D eigenvalue weighted by Gasteiger charge is -2.14. The van der Waals surface area contributed by atoms with Crippen LogP contribution in [0.2, 0.25) is 0 Å². The van der Waals surface area contributed by atoms with E-state index in [0.717, 1.165) is 35.2 Å². The van der Waals surface area contributed by atoms with Gasteiger partial charge in [0.15, 0.2) is 0 Å². The lowest BCUT2D eigenvalue weighted by atomic mass is 10.2. The summed E-state index contributed by atoms with van der Waals surface area (Å²) < 4.78 is 8.20. The van der Waals surface area contributed by atoms with Gasteiger partial charge in [-0.05, 0) is 70.7 Å². The summed E-state index contributed by atoms with van der Waals surface area (Å²) in [4.78, 5) is 12.5. The van der Waals surface area contributed by atoms with Gasteiger partial charge in [0.2, 0.25) is 11.1 Å². The first-order valence-electron chi connectivity index (χ1n) is 8.14. The number of amides is 1. The quantitative estimate of drug-likeness (QED) is 0.716. The zero-order valence-corrected chi connectivity index (χ0v) is 16.5. The number of aryl methyl sites for hydroxylation is 1. The number of thioether (sulfide) groups is 1. The molecule has 0 aliphatic carbocycles. The molecule has 1 N–H and O–H groups in total. The highest BCUT2D eigenvalue weighted by atomic mass is 79.9. The van der Waals surface area contributed by atoms with Gasteiger partial charge in [-0.3, -0.25) is 4.79 Å². The molecule has 134 valence electrons. The van der Waals surface area contributed by atoms with Crippen LogP contribution in [0.25, 0.3) is 0 Å². The molecular weight excluding hydrogens is 406 g/mol. The van der Waals surface area contributed by atoms with E-state index in [1.807, 2.05) is 32.0 Å². The number of anilines is 1. The summed E-state index contributed by atoms with van der Waals surface area (Å²) in [5.74, 6) is -0.0961. The highest BCUT2D eigenvalue weighted by molar-refractivity contribution is 9.10. The van der Waals surface area contributed by atoms with Crippen LogP contribution in [0.3, 0.4) is 0 Å². The number of aromatic nitrogens is 4. The average molecular weight is 426 g/mol. The molecule has 1 aromatic carbocycles. The Labute approximate surface area is 159 Å². The first-order valence-corrected chi connectivity index (χ1v) is 9.81. The van der Waals surface area contributed by atoms with Crippen LogP contribution in [-0.2, 0) is 16.1 Å². The molecule has 1 aliphatic rings. The minimum atomic E-state index is -0.331. The minimum Gasteiger partial charge on any atom is -0.376 e. The molecule has 1 amide bonds. The first kappa shape index (κ1) is 18.3. The minimum absolute atomic E-state index is 0.0961. The topological polar surface area (TPSA) is 81.9 Å². The van der Waals surface area contributed by atoms with Crippen molar-refractivity contribution in [1.82, 2.24) is 20.2 Å². The van der Waals surface area contributed by atoms with Crippen LogP contribution in [0.1, 0.15) is 25.3 Å². The molecule has 1 fully saturated rings. The van der Waals surface area contributed by atoms with Crippen LogP contribution in [-0.4, -0.2) is 44.1 Å². The molecule has 0 radical (unpaired) electrons. The fourth-order valence-electron chi connectivity index (χ4n) is 2.54. The smallest absolute Gasteiger partial charge is 0.237 e. The number of rotatable bonds is 6. The molecule has 2 aromatic rings. The van der Waals surface area contributed by atoms with Crippen LogP contribution < -0.4 is 5.32 Å². The van der Waals surface area contributed by atoms with Gasteiger partial charge in [0, 0.05) is 11.1 Å². The van der Waals surface area contributed by atoms with Crippen molar-refractivity contribution in [2.75, 3.05) is 11.9 Å². The van der Waals surface area contributed by atoms with Gasteiger partial charge in [0.25, 0.3) is 0 Å². The predicted octanol–water partition coefficient (Wildman–Crippen LogP) is 3.04. The maximum absolute atomic E-state index is 12.5. The number of nitrogens with one attached hydrogen (secondary N) is 1. The number of hydrogen-bond acceptors (Lipinski definition) is 6. The Morgan fingerprint density at radius 1 is 1.56 bits per heavy atom. The summed E-state index contributed by atoms with van der Waals surface area (Å²) in [5, 5.41) is 15.0. The zero-order chi connectivity index (χ0) is 17.8. The van der Waals surface area contributed by atoms with E-state index in [1.54, 1.807) is 4.68 Å². The second kappa shape index (κ2) is 8.29. The van der Waals surface area contributed by atoms with Crippen molar-refractivity contribution < 1.29 is 9.53 Å². The van der Waals surface area contributed by atoms with Crippen molar-refractivity contribution in [1.29, 1.82) is 0 Å². The molecular formula is C16H20BrN5O2S. The van der Waals surface area contributed by atoms with Gasteiger partial charge >= 0.3 is 0 Å². The van der Waals surface area contributed by atoms with Gasteiger partial charge in [-0.1, -0.05) is 17.8 Å². The van der Waals surface area contributed by atoms with Crippen LogP contribution in [0.4, 0.5) is 5.69 Å². The summed E-state index contributed by atoms with van der Waals surface area (Å²) in [6, 6.07) is 5.81. The molecule has 1 saturated heterocycles. The van der Waals surface area contributed by atoms with Crippen LogP contribution in [0, 0.1) is 6.92 Å². The van der Waals surface area contributed by atoms with Gasteiger partial charge < -0.3 is 10.1 Å². The van der Waals surface area contributed by atoms with Crippen molar-refractivity contribution in [3.8, 4) is 0 Å². The number of tetrazole rings is 1. The van der Waals surface area contributed by atoms with Crippen LogP contribution >= 0.6 is 27.7 Å². The van der Waals surface area contributed by atoms with Gasteiger partial charge in [-0.2, -0.15) is 0 Å². The van der Waals surface area contributed by atoms with E-state index in [1.165, 1.54) is 11.8 Å². The molecule has 0 saturated carbocycles. The Bertz CT molecular complexity index is 748. The lowest BCUT2D eigenvalue weighted by molar-refractivity contribution is -0.115. The molecule has 9 heteroatoms. The average Bonchev–Trinajstić information content (AvgIpc) is 3.23. The van der Waals surface area contributed by atoms with Crippen molar-refractivity contribution in [2.24, 2.45) is 0 Å². The van der Waals surface area contributed by atoms with Gasteiger partial charge in [0.05, 0.1) is 23.6 Å². The molecule has 7 nitrogen and oxygen atoms in total. The Morgan fingerprint density at radius 3 is 3.12 bits per heavy atom. The fraction of sp³-hybridized carbons (Fsp3) is 0.500. The van der Waals surface area contributed by atoms with E-state index in [0.29, 0.717) is 11.7 Å². The van der Waals surface area contributed by atoms with E-state index in [9.17, 15) is 4.79 Å². The highest BCUT2D eigenvalue weighted by Gasteiger charge is 2.22. The Balaban J connectivity index is 1.60. The summed E-state index contributed by atoms with van der Waals surface area (Å²) >= 11 is 4.81. The van der Waals surface area contributed by atoms with Crippen LogP contribution in [0.15, 0.2) is 27.8 Å². The standard InChI is InChI=1S/C16H20BrN5O2S/c1-10-5-6-14(13(17)8-10)18-15(23)11(2)25-16-19-20-21-22(16)9-12-4-3-7-24-12/h5-6,8,11-12H,3-4,7,9H2,1-2H3,(H,18,23). The molecule has 2 unspecified atom stereocenters. The van der Waals surface area contributed by atoms with Gasteiger partial charge in [-0.25, -0.2) is 4.68 Å². The fourth-order valence-corrected chi connectivity index (χ4v) is 3.94. The number of halogens is 1. The lowest BCUT2D eigenvalue weighted by Crippen LogP contribution is -2.24. The number of ether oxygens (including phenoxy) is 1. The third-order valence-corrected chi connectivity index (χ3v) is 5.66. The Morgan fingerprint density at radius 2 is 2.40 bits per heavy atom. The third-order valence-electron chi connectivity index (χ3n) is 3.93. The summed E-state index contributed by atoms with van der Waals surface area (Å²) in [6.45, 7) is 5.25. The zero-order valence-electron chi connectivity index (χ0n) is 14.1. The van der Waals surface area contributed by atoms with Gasteiger partial charge in [-0.15, -0.1) is 5.10 Å². The Hall–Kier alpha value is -1.45. The summed E-state index contributed by atoms with van der Waals surface area (Å²) in [5.41, 5.74) is 1.88. The number of nitrogens with zero attached hydrogens (tertiary/aromatic N) is 4. The summed E-state index contributed by atoms with van der Waals surface area (Å²) in [7, 11) is 0. The third kappa shape index (κ3) is 4.80. The van der Waals surface area contributed by atoms with E-state index >= 15 is 0 Å². The van der Waals surface area contributed by atoms with Crippen molar-refractivity contribution in [3.63, 3.8) is 0 Å². The number of carbonyl (C=O) groups is 1. The normalized spacial score (nSPS) is 18.3. The molecule has 2 atom stereocenters. The second-order valence-corrected chi connectivity index (χ2v) is 8.17. The largest absolute Gasteiger partial charge is 0.376 e. The first-order chi connectivity index (χ1) is 12.0. The number of benzene rings is 1. The summed E-state index contributed by atoms with van der Waals surface area (Å²) in [6.07, 6.45) is 2.23. The molecule has 3 rings (SSSR count). The second-order valence-electron chi connectivity index (χ2n) is 6.01. The molecule has 2 heterocycles. The number of hydrogen-bond donors (Lipinski definition) is 1. The SMILES string of the molecule is Cc1ccc(NC(=O)C(C)Sc2nnnn2CC2CCCO2)c(Br)c1. The van der Waals surface area contributed by atoms with E-state index < -0.39 is 0 Å². The predicted molar refractivity (Wildman–Crippen MR) is 99.6 cm³/mol. The maximum atomic E-state index is 12.5. The van der Waals surface area contributed by atoms with Crippen LogP contribution in [0.5, 0.6) is 0 Å².